The summed E-state index contributed by atoms with van der Waals surface area (Å²) in [6, 6.07) is 0.464. The molecule has 0 aliphatic heterocycles. The van der Waals surface area contributed by atoms with Crippen LogP contribution in [-0.4, -0.2) is 25.8 Å². The van der Waals surface area contributed by atoms with Gasteiger partial charge in [0, 0.05) is 13.2 Å². The van der Waals surface area contributed by atoms with E-state index in [4.69, 9.17) is 4.74 Å². The molecular formula is C13H29NO. The summed E-state index contributed by atoms with van der Waals surface area (Å²) in [5.41, 5.74) is 0. The number of ether oxygens (including phenoxy) is 1. The summed E-state index contributed by atoms with van der Waals surface area (Å²) >= 11 is 0. The third-order valence-electron chi connectivity index (χ3n) is 3.07. The number of methoxy groups -OCH3 is 1. The largest absolute Gasteiger partial charge is 0.380 e. The smallest absolute Gasteiger partial charge is 0.0693 e. The second-order valence-electron chi connectivity index (χ2n) is 4.45. The molecule has 92 valence electrons. The van der Waals surface area contributed by atoms with Gasteiger partial charge in [0.15, 0.2) is 0 Å². The monoisotopic (exact) mass is 215 g/mol. The van der Waals surface area contributed by atoms with Crippen LogP contribution in [0.4, 0.5) is 0 Å². The van der Waals surface area contributed by atoms with Crippen molar-refractivity contribution >= 4 is 0 Å². The lowest BCUT2D eigenvalue weighted by Gasteiger charge is -2.19. The summed E-state index contributed by atoms with van der Waals surface area (Å²) in [4.78, 5) is 0. The highest BCUT2D eigenvalue weighted by Crippen LogP contribution is 2.04. The van der Waals surface area contributed by atoms with Gasteiger partial charge < -0.3 is 10.1 Å². The van der Waals surface area contributed by atoms with E-state index in [1.165, 1.54) is 38.5 Å². The van der Waals surface area contributed by atoms with E-state index < -0.39 is 0 Å². The quantitative estimate of drug-likeness (QED) is 0.564. The molecule has 15 heavy (non-hydrogen) atoms. The molecule has 0 aromatic heterocycles. The first-order chi connectivity index (χ1) is 7.22. The summed E-state index contributed by atoms with van der Waals surface area (Å²) in [5, 5.41) is 3.50. The summed E-state index contributed by atoms with van der Waals surface area (Å²) in [7, 11) is 1.77. The van der Waals surface area contributed by atoms with Gasteiger partial charge in [0.25, 0.3) is 0 Å². The number of rotatable bonds is 10. The van der Waals surface area contributed by atoms with Crippen molar-refractivity contribution in [3.63, 3.8) is 0 Å². The van der Waals surface area contributed by atoms with E-state index in [2.05, 4.69) is 26.1 Å². The SMILES string of the molecule is CCCCCCCCNC(C)C(C)OC. The van der Waals surface area contributed by atoms with Gasteiger partial charge in [-0.2, -0.15) is 0 Å². The Labute approximate surface area is 95.8 Å². The van der Waals surface area contributed by atoms with Gasteiger partial charge in [-0.3, -0.25) is 0 Å². The zero-order valence-corrected chi connectivity index (χ0v) is 11.0. The third kappa shape index (κ3) is 8.88. The van der Waals surface area contributed by atoms with Crippen LogP contribution in [-0.2, 0) is 4.74 Å². The number of unbranched alkanes of at least 4 members (excludes halogenated alkanes) is 5. The Kier molecular flexibility index (Phi) is 10.4. The Morgan fingerprint density at radius 2 is 1.60 bits per heavy atom. The lowest BCUT2D eigenvalue weighted by Crippen LogP contribution is -2.37. The Morgan fingerprint density at radius 3 is 2.20 bits per heavy atom. The first-order valence-electron chi connectivity index (χ1n) is 6.48. The van der Waals surface area contributed by atoms with E-state index in [0.29, 0.717) is 12.1 Å². The number of hydrogen-bond acceptors (Lipinski definition) is 2. The molecule has 0 radical (unpaired) electrons. The second kappa shape index (κ2) is 10.4. The van der Waals surface area contributed by atoms with Crippen molar-refractivity contribution in [1.29, 1.82) is 0 Å². The maximum absolute atomic E-state index is 5.26. The standard InChI is InChI=1S/C13H29NO/c1-5-6-7-8-9-10-11-14-12(2)13(3)15-4/h12-14H,5-11H2,1-4H3. The van der Waals surface area contributed by atoms with Crippen LogP contribution < -0.4 is 5.32 Å². The average molecular weight is 215 g/mol. The van der Waals surface area contributed by atoms with Gasteiger partial charge in [0.2, 0.25) is 0 Å². The Morgan fingerprint density at radius 1 is 1.00 bits per heavy atom. The molecule has 0 heterocycles. The van der Waals surface area contributed by atoms with E-state index in [-0.39, 0.29) is 0 Å². The van der Waals surface area contributed by atoms with Gasteiger partial charge in [0.1, 0.15) is 0 Å². The molecule has 0 saturated heterocycles. The highest BCUT2D eigenvalue weighted by atomic mass is 16.5. The minimum Gasteiger partial charge on any atom is -0.380 e. The molecule has 0 aromatic rings. The van der Waals surface area contributed by atoms with Crippen LogP contribution >= 0.6 is 0 Å². The Hall–Kier alpha value is -0.0800. The summed E-state index contributed by atoms with van der Waals surface area (Å²) in [6.07, 6.45) is 8.49. The molecule has 0 fully saturated rings. The molecule has 0 bridgehead atoms. The average Bonchev–Trinajstić information content (AvgIpc) is 2.26. The first-order valence-corrected chi connectivity index (χ1v) is 6.48. The van der Waals surface area contributed by atoms with Gasteiger partial charge >= 0.3 is 0 Å². The van der Waals surface area contributed by atoms with E-state index >= 15 is 0 Å². The minimum atomic E-state index is 0.310. The van der Waals surface area contributed by atoms with Crippen LogP contribution in [0.3, 0.4) is 0 Å². The predicted octanol–water partition coefficient (Wildman–Crippen LogP) is 3.36. The van der Waals surface area contributed by atoms with E-state index in [0.717, 1.165) is 6.54 Å². The van der Waals surface area contributed by atoms with Gasteiger partial charge in [0.05, 0.1) is 6.10 Å². The van der Waals surface area contributed by atoms with Crippen molar-refractivity contribution in [1.82, 2.24) is 5.32 Å². The Bertz CT molecular complexity index is 128. The predicted molar refractivity (Wildman–Crippen MR) is 67.3 cm³/mol. The molecule has 0 amide bonds. The second-order valence-corrected chi connectivity index (χ2v) is 4.45. The zero-order chi connectivity index (χ0) is 11.5. The fourth-order valence-corrected chi connectivity index (χ4v) is 1.61. The van der Waals surface area contributed by atoms with Crippen LogP contribution in [0.25, 0.3) is 0 Å². The molecule has 0 aliphatic carbocycles. The fraction of sp³-hybridized carbons (Fsp3) is 1.00. The maximum Gasteiger partial charge on any atom is 0.0693 e. The van der Waals surface area contributed by atoms with Crippen molar-refractivity contribution in [2.75, 3.05) is 13.7 Å². The highest BCUT2D eigenvalue weighted by Gasteiger charge is 2.08. The van der Waals surface area contributed by atoms with Crippen LogP contribution in [0, 0.1) is 0 Å². The first kappa shape index (κ1) is 14.9. The molecule has 0 aliphatic rings. The molecule has 2 nitrogen and oxygen atoms in total. The van der Waals surface area contributed by atoms with Gasteiger partial charge in [-0.1, -0.05) is 39.0 Å². The molecule has 0 rings (SSSR count). The molecule has 0 spiro atoms. The summed E-state index contributed by atoms with van der Waals surface area (Å²) in [5.74, 6) is 0. The van der Waals surface area contributed by atoms with Crippen molar-refractivity contribution in [3.8, 4) is 0 Å². The molecule has 1 N–H and O–H groups in total. The maximum atomic E-state index is 5.26. The normalized spacial score (nSPS) is 15.2. The molecule has 0 saturated carbocycles. The van der Waals surface area contributed by atoms with E-state index in [1.807, 2.05) is 0 Å². The molecule has 0 aromatic carbocycles. The lowest BCUT2D eigenvalue weighted by atomic mass is 10.1. The highest BCUT2D eigenvalue weighted by molar-refractivity contribution is 4.67. The molecule has 2 unspecified atom stereocenters. The fourth-order valence-electron chi connectivity index (χ4n) is 1.61. The molecule has 2 heteroatoms. The summed E-state index contributed by atoms with van der Waals surface area (Å²) < 4.78 is 5.26. The van der Waals surface area contributed by atoms with Crippen molar-refractivity contribution in [2.45, 2.75) is 71.4 Å². The van der Waals surface area contributed by atoms with Gasteiger partial charge in [-0.15, -0.1) is 0 Å². The topological polar surface area (TPSA) is 21.3 Å². The van der Waals surface area contributed by atoms with Crippen molar-refractivity contribution < 1.29 is 4.74 Å². The van der Waals surface area contributed by atoms with Crippen molar-refractivity contribution in [3.05, 3.63) is 0 Å². The Balaban J connectivity index is 3.16. The molecule has 2 atom stereocenters. The number of nitrogens with one attached hydrogen (secondary N) is 1. The van der Waals surface area contributed by atoms with E-state index in [1.54, 1.807) is 7.11 Å². The van der Waals surface area contributed by atoms with Gasteiger partial charge in [-0.25, -0.2) is 0 Å². The summed E-state index contributed by atoms with van der Waals surface area (Å²) in [6.45, 7) is 7.68. The lowest BCUT2D eigenvalue weighted by molar-refractivity contribution is 0.0887. The van der Waals surface area contributed by atoms with Crippen molar-refractivity contribution in [2.24, 2.45) is 0 Å². The van der Waals surface area contributed by atoms with Crippen LogP contribution in [0.15, 0.2) is 0 Å². The zero-order valence-electron chi connectivity index (χ0n) is 11.0. The number of hydrogen-bond donors (Lipinski definition) is 1. The molecular weight excluding hydrogens is 186 g/mol. The van der Waals surface area contributed by atoms with Crippen LogP contribution in [0.1, 0.15) is 59.3 Å². The third-order valence-corrected chi connectivity index (χ3v) is 3.07. The minimum absolute atomic E-state index is 0.310. The van der Waals surface area contributed by atoms with E-state index in [9.17, 15) is 0 Å². The van der Waals surface area contributed by atoms with Crippen LogP contribution in [0.2, 0.25) is 0 Å². The van der Waals surface area contributed by atoms with Gasteiger partial charge in [-0.05, 0) is 26.8 Å². The van der Waals surface area contributed by atoms with Crippen LogP contribution in [0.5, 0.6) is 0 Å².